The minimum Gasteiger partial charge on any atom is -0.480 e. The summed E-state index contributed by atoms with van der Waals surface area (Å²) in [5, 5.41) is 12.1. The highest BCUT2D eigenvalue weighted by molar-refractivity contribution is 6.30. The van der Waals surface area contributed by atoms with Gasteiger partial charge in [-0.2, -0.15) is 0 Å². The van der Waals surface area contributed by atoms with Crippen LogP contribution in [0.25, 0.3) is 0 Å². The van der Waals surface area contributed by atoms with Gasteiger partial charge in [0.25, 0.3) is 0 Å². The van der Waals surface area contributed by atoms with Crippen molar-refractivity contribution >= 4 is 23.6 Å². The summed E-state index contributed by atoms with van der Waals surface area (Å²) in [4.78, 5) is 23.9. The summed E-state index contributed by atoms with van der Waals surface area (Å²) in [5.74, 6) is -1.07. The molecule has 0 aliphatic carbocycles. The number of benzene rings is 1. The topological polar surface area (TPSA) is 69.6 Å². The minimum absolute atomic E-state index is 0.167. The molecule has 0 aliphatic heterocycles. The SMILES string of the molecule is C=CCN(CC(=O)O)C(=O)NC(C)c1cccc(Cl)c1. The molecule has 0 aliphatic rings. The molecule has 0 radical (unpaired) electrons. The Labute approximate surface area is 122 Å². The third-order valence-electron chi connectivity index (χ3n) is 2.65. The smallest absolute Gasteiger partial charge is 0.323 e. The number of nitrogens with one attached hydrogen (secondary N) is 1. The number of nitrogens with zero attached hydrogens (tertiary/aromatic N) is 1. The fourth-order valence-electron chi connectivity index (χ4n) is 1.67. The van der Waals surface area contributed by atoms with Crippen LogP contribution in [0, 0.1) is 0 Å². The van der Waals surface area contributed by atoms with Gasteiger partial charge < -0.3 is 15.3 Å². The van der Waals surface area contributed by atoms with Gasteiger partial charge in [0.15, 0.2) is 0 Å². The quantitative estimate of drug-likeness (QED) is 0.793. The normalized spacial score (nSPS) is 11.5. The monoisotopic (exact) mass is 296 g/mol. The van der Waals surface area contributed by atoms with Crippen molar-refractivity contribution in [2.45, 2.75) is 13.0 Å². The van der Waals surface area contributed by atoms with Crippen molar-refractivity contribution in [3.05, 3.63) is 47.5 Å². The number of carbonyl (C=O) groups is 2. The number of carbonyl (C=O) groups excluding carboxylic acids is 1. The second-order valence-corrected chi connectivity index (χ2v) is 4.73. The lowest BCUT2D eigenvalue weighted by molar-refractivity contribution is -0.137. The van der Waals surface area contributed by atoms with E-state index in [-0.39, 0.29) is 19.1 Å². The van der Waals surface area contributed by atoms with Gasteiger partial charge in [0.1, 0.15) is 6.54 Å². The zero-order valence-corrected chi connectivity index (χ0v) is 11.9. The maximum Gasteiger partial charge on any atom is 0.323 e. The summed E-state index contributed by atoms with van der Waals surface area (Å²) in [5.41, 5.74) is 0.847. The van der Waals surface area contributed by atoms with Crippen molar-refractivity contribution in [3.8, 4) is 0 Å². The molecule has 0 heterocycles. The molecule has 0 saturated heterocycles. The number of halogens is 1. The van der Waals surface area contributed by atoms with E-state index >= 15 is 0 Å². The highest BCUT2D eigenvalue weighted by Gasteiger charge is 2.17. The Hall–Kier alpha value is -2.01. The van der Waals surface area contributed by atoms with Crippen LogP contribution in [0.2, 0.25) is 5.02 Å². The largest absolute Gasteiger partial charge is 0.480 e. The Kier molecular flexibility index (Phi) is 6.06. The third kappa shape index (κ3) is 4.93. The van der Waals surface area contributed by atoms with Crippen molar-refractivity contribution < 1.29 is 14.7 Å². The van der Waals surface area contributed by atoms with Gasteiger partial charge in [0.2, 0.25) is 0 Å². The summed E-state index contributed by atoms with van der Waals surface area (Å²) >= 11 is 5.89. The first kappa shape index (κ1) is 16.0. The van der Waals surface area contributed by atoms with E-state index < -0.39 is 12.0 Å². The molecule has 0 fully saturated rings. The lowest BCUT2D eigenvalue weighted by atomic mass is 10.1. The van der Waals surface area contributed by atoms with Crippen LogP contribution in [0.1, 0.15) is 18.5 Å². The van der Waals surface area contributed by atoms with E-state index in [2.05, 4.69) is 11.9 Å². The Bertz CT molecular complexity index is 505. The lowest BCUT2D eigenvalue weighted by Crippen LogP contribution is -2.43. The summed E-state index contributed by atoms with van der Waals surface area (Å²) in [6, 6.07) is 6.39. The van der Waals surface area contributed by atoms with Gasteiger partial charge in [-0.05, 0) is 24.6 Å². The molecule has 2 N–H and O–H groups in total. The molecule has 6 heteroatoms. The molecule has 1 unspecified atom stereocenters. The van der Waals surface area contributed by atoms with Crippen LogP contribution in [0.4, 0.5) is 4.79 Å². The maximum absolute atomic E-state index is 12.0. The molecule has 0 spiro atoms. The van der Waals surface area contributed by atoms with Crippen molar-refractivity contribution in [2.24, 2.45) is 0 Å². The number of amides is 2. The fourth-order valence-corrected chi connectivity index (χ4v) is 1.87. The summed E-state index contributed by atoms with van der Waals surface area (Å²) in [6.07, 6.45) is 1.48. The van der Waals surface area contributed by atoms with Crippen LogP contribution in [0.3, 0.4) is 0 Å². The molecule has 2 amide bonds. The van der Waals surface area contributed by atoms with E-state index in [9.17, 15) is 9.59 Å². The number of urea groups is 1. The zero-order chi connectivity index (χ0) is 15.1. The molecule has 5 nitrogen and oxygen atoms in total. The summed E-state index contributed by atoms with van der Waals surface area (Å²) in [6.45, 7) is 5.10. The number of carboxylic acid groups (broad SMARTS) is 1. The number of hydrogen-bond donors (Lipinski definition) is 2. The Balaban J connectivity index is 2.71. The standard InChI is InChI=1S/C14H17ClN2O3/c1-3-7-17(9-13(18)19)14(20)16-10(2)11-5-4-6-12(15)8-11/h3-6,8,10H,1,7,9H2,2H3,(H,16,20)(H,18,19). The highest BCUT2D eigenvalue weighted by atomic mass is 35.5. The summed E-state index contributed by atoms with van der Waals surface area (Å²) in [7, 11) is 0. The van der Waals surface area contributed by atoms with Gasteiger partial charge in [-0.15, -0.1) is 6.58 Å². The van der Waals surface area contributed by atoms with E-state index in [1.54, 1.807) is 25.1 Å². The summed E-state index contributed by atoms with van der Waals surface area (Å²) < 4.78 is 0. The van der Waals surface area contributed by atoms with E-state index in [1.165, 1.54) is 6.08 Å². The molecule has 1 aromatic carbocycles. The molecule has 1 rings (SSSR count). The number of aliphatic carboxylic acids is 1. The lowest BCUT2D eigenvalue weighted by Gasteiger charge is -2.22. The number of carboxylic acids is 1. The first-order valence-electron chi connectivity index (χ1n) is 6.07. The molecular weight excluding hydrogens is 280 g/mol. The predicted octanol–water partition coefficient (Wildman–Crippen LogP) is 2.68. The maximum atomic E-state index is 12.0. The average Bonchev–Trinajstić information content (AvgIpc) is 2.37. The highest BCUT2D eigenvalue weighted by Crippen LogP contribution is 2.17. The van der Waals surface area contributed by atoms with Gasteiger partial charge in [-0.1, -0.05) is 29.8 Å². The molecule has 0 bridgehead atoms. The van der Waals surface area contributed by atoms with E-state index in [1.807, 2.05) is 6.07 Å². The van der Waals surface area contributed by atoms with Crippen LogP contribution in [-0.4, -0.2) is 35.1 Å². The number of hydrogen-bond acceptors (Lipinski definition) is 2. The molecule has 0 aromatic heterocycles. The van der Waals surface area contributed by atoms with Crippen LogP contribution in [0.5, 0.6) is 0 Å². The molecule has 1 aromatic rings. The van der Waals surface area contributed by atoms with Crippen LogP contribution in [-0.2, 0) is 4.79 Å². The van der Waals surface area contributed by atoms with Gasteiger partial charge in [-0.25, -0.2) is 4.79 Å². The van der Waals surface area contributed by atoms with E-state index in [0.717, 1.165) is 10.5 Å². The minimum atomic E-state index is -1.07. The molecule has 108 valence electrons. The molecule has 0 saturated carbocycles. The molecule has 20 heavy (non-hydrogen) atoms. The third-order valence-corrected chi connectivity index (χ3v) is 2.89. The van der Waals surface area contributed by atoms with E-state index in [0.29, 0.717) is 5.02 Å². The predicted molar refractivity (Wildman–Crippen MR) is 77.8 cm³/mol. The van der Waals surface area contributed by atoms with Gasteiger partial charge in [0.05, 0.1) is 6.04 Å². The Morgan fingerprint density at radius 1 is 1.55 bits per heavy atom. The van der Waals surface area contributed by atoms with Crippen LogP contribution < -0.4 is 5.32 Å². The molecular formula is C14H17ClN2O3. The van der Waals surface area contributed by atoms with Gasteiger partial charge in [0, 0.05) is 11.6 Å². The Morgan fingerprint density at radius 3 is 2.80 bits per heavy atom. The fraction of sp³-hybridized carbons (Fsp3) is 0.286. The first-order valence-corrected chi connectivity index (χ1v) is 6.45. The van der Waals surface area contributed by atoms with Crippen molar-refractivity contribution in [3.63, 3.8) is 0 Å². The zero-order valence-electron chi connectivity index (χ0n) is 11.2. The van der Waals surface area contributed by atoms with Crippen molar-refractivity contribution in [1.29, 1.82) is 0 Å². The van der Waals surface area contributed by atoms with Gasteiger partial charge in [-0.3, -0.25) is 4.79 Å². The Morgan fingerprint density at radius 2 is 2.25 bits per heavy atom. The van der Waals surface area contributed by atoms with Crippen LogP contribution in [0.15, 0.2) is 36.9 Å². The van der Waals surface area contributed by atoms with Crippen molar-refractivity contribution in [2.75, 3.05) is 13.1 Å². The van der Waals surface area contributed by atoms with Crippen molar-refractivity contribution in [1.82, 2.24) is 10.2 Å². The van der Waals surface area contributed by atoms with Gasteiger partial charge >= 0.3 is 12.0 Å². The van der Waals surface area contributed by atoms with E-state index in [4.69, 9.17) is 16.7 Å². The number of rotatable bonds is 6. The molecule has 1 atom stereocenters. The second-order valence-electron chi connectivity index (χ2n) is 4.29. The average molecular weight is 297 g/mol. The first-order chi connectivity index (χ1) is 9.43. The second kappa shape index (κ2) is 7.55. The van der Waals surface area contributed by atoms with Crippen LogP contribution >= 0.6 is 11.6 Å².